The van der Waals surface area contributed by atoms with Crippen LogP contribution in [0, 0.1) is 5.92 Å². The molecule has 1 aliphatic rings. The number of hydrogen-bond donors (Lipinski definition) is 0. The molecule has 0 saturated heterocycles. The third kappa shape index (κ3) is 2.36. The Bertz CT molecular complexity index is 518. The van der Waals surface area contributed by atoms with E-state index in [1.54, 1.807) is 6.07 Å². The molecule has 0 aliphatic carbocycles. The van der Waals surface area contributed by atoms with Crippen LogP contribution < -0.4 is 4.31 Å². The van der Waals surface area contributed by atoms with Crippen LogP contribution in [0.25, 0.3) is 0 Å². The van der Waals surface area contributed by atoms with Gasteiger partial charge in [-0.15, -0.1) is 0 Å². The summed E-state index contributed by atoms with van der Waals surface area (Å²) in [5.74, 6) is 0.273. The first-order chi connectivity index (χ1) is 7.38. The van der Waals surface area contributed by atoms with Crippen molar-refractivity contribution in [3.8, 4) is 0 Å². The van der Waals surface area contributed by atoms with Crippen molar-refractivity contribution in [2.24, 2.45) is 5.92 Å². The minimum Gasteiger partial charge on any atom is -0.257 e. The maximum Gasteiger partial charge on any atom is 0.321 e. The zero-order valence-corrected chi connectivity index (χ0v) is 11.8. The minimum atomic E-state index is -3.69. The zero-order chi connectivity index (χ0) is 11.9. The molecule has 0 N–H and O–H groups in total. The van der Waals surface area contributed by atoms with Crippen LogP contribution in [-0.2, 0) is 15.7 Å². The molecule has 1 aromatic rings. The molecule has 0 aromatic heterocycles. The Kier molecular flexibility index (Phi) is 3.20. The molecule has 1 aliphatic heterocycles. The van der Waals surface area contributed by atoms with Crippen molar-refractivity contribution in [3.05, 3.63) is 28.2 Å². The van der Waals surface area contributed by atoms with Crippen molar-refractivity contribution in [3.63, 3.8) is 0 Å². The van der Waals surface area contributed by atoms with Gasteiger partial charge >= 0.3 is 9.24 Å². The SMILES string of the molecule is C[C@@H]1Cc2cc(Br)ccc2N(S(=O)(=O)Cl)C1. The number of anilines is 1. The van der Waals surface area contributed by atoms with E-state index in [1.165, 1.54) is 4.31 Å². The number of halogens is 2. The second kappa shape index (κ2) is 4.20. The van der Waals surface area contributed by atoms with E-state index in [0.29, 0.717) is 12.2 Å². The Morgan fingerprint density at radius 3 is 2.81 bits per heavy atom. The molecule has 0 radical (unpaired) electrons. The summed E-state index contributed by atoms with van der Waals surface area (Å²) in [6, 6.07) is 5.55. The molecule has 1 aromatic carbocycles. The number of nitrogens with zero attached hydrogens (tertiary/aromatic N) is 1. The van der Waals surface area contributed by atoms with Crippen LogP contribution in [0.5, 0.6) is 0 Å². The highest BCUT2D eigenvalue weighted by Gasteiger charge is 2.29. The molecular formula is C10H11BrClNO2S. The van der Waals surface area contributed by atoms with Crippen molar-refractivity contribution in [1.29, 1.82) is 0 Å². The summed E-state index contributed by atoms with van der Waals surface area (Å²) in [7, 11) is 1.74. The molecule has 0 amide bonds. The fourth-order valence-corrected chi connectivity index (χ4v) is 3.63. The summed E-state index contributed by atoms with van der Waals surface area (Å²) < 4.78 is 25.1. The first-order valence-corrected chi connectivity index (χ1v) is 7.94. The topological polar surface area (TPSA) is 37.4 Å². The van der Waals surface area contributed by atoms with E-state index in [9.17, 15) is 8.42 Å². The van der Waals surface area contributed by atoms with Gasteiger partial charge in [0.1, 0.15) is 0 Å². The van der Waals surface area contributed by atoms with Gasteiger partial charge in [-0.2, -0.15) is 8.42 Å². The van der Waals surface area contributed by atoms with Gasteiger partial charge in [-0.1, -0.05) is 22.9 Å². The van der Waals surface area contributed by atoms with E-state index >= 15 is 0 Å². The van der Waals surface area contributed by atoms with Crippen LogP contribution in [0.2, 0.25) is 0 Å². The Balaban J connectivity index is 2.54. The van der Waals surface area contributed by atoms with E-state index in [1.807, 2.05) is 19.1 Å². The van der Waals surface area contributed by atoms with Crippen LogP contribution in [0.3, 0.4) is 0 Å². The molecule has 0 unspecified atom stereocenters. The van der Waals surface area contributed by atoms with Crippen molar-refractivity contribution >= 4 is 41.5 Å². The second-order valence-electron chi connectivity index (χ2n) is 4.06. The van der Waals surface area contributed by atoms with Gasteiger partial charge < -0.3 is 0 Å². The molecule has 0 fully saturated rings. The van der Waals surface area contributed by atoms with Gasteiger partial charge in [0.25, 0.3) is 0 Å². The van der Waals surface area contributed by atoms with Crippen LogP contribution in [0.4, 0.5) is 5.69 Å². The lowest BCUT2D eigenvalue weighted by molar-refractivity contribution is 0.551. The van der Waals surface area contributed by atoms with Crippen LogP contribution >= 0.6 is 26.6 Å². The van der Waals surface area contributed by atoms with Crippen molar-refractivity contribution < 1.29 is 8.42 Å². The average Bonchev–Trinajstić information content (AvgIpc) is 2.14. The fraction of sp³-hybridized carbons (Fsp3) is 0.400. The monoisotopic (exact) mass is 323 g/mol. The Morgan fingerprint density at radius 2 is 2.19 bits per heavy atom. The lowest BCUT2D eigenvalue weighted by Crippen LogP contribution is -2.36. The molecule has 2 rings (SSSR count). The number of rotatable bonds is 1. The Labute approximate surface area is 108 Å². The molecule has 3 nitrogen and oxygen atoms in total. The standard InChI is InChI=1S/C10H11BrClNO2S/c1-7-4-8-5-9(11)2-3-10(8)13(6-7)16(12,14)15/h2-3,5,7H,4,6H2,1H3/t7-/m1/s1. The highest BCUT2D eigenvalue weighted by Crippen LogP contribution is 2.34. The molecular weight excluding hydrogens is 314 g/mol. The zero-order valence-electron chi connectivity index (χ0n) is 8.65. The minimum absolute atomic E-state index is 0.273. The number of fused-ring (bicyclic) bond motifs is 1. The van der Waals surface area contributed by atoms with E-state index in [2.05, 4.69) is 15.9 Å². The fourth-order valence-electron chi connectivity index (χ4n) is 1.99. The molecule has 0 saturated carbocycles. The van der Waals surface area contributed by atoms with E-state index in [4.69, 9.17) is 10.7 Å². The summed E-state index contributed by atoms with van der Waals surface area (Å²) in [6.07, 6.45) is 0.873. The molecule has 6 heteroatoms. The molecule has 0 spiro atoms. The van der Waals surface area contributed by atoms with Gasteiger partial charge in [0.05, 0.1) is 5.69 Å². The maximum absolute atomic E-state index is 11.5. The van der Waals surface area contributed by atoms with Crippen LogP contribution in [0.15, 0.2) is 22.7 Å². The molecule has 1 heterocycles. The number of hydrogen-bond acceptors (Lipinski definition) is 2. The molecule has 1 atom stereocenters. The third-order valence-corrected chi connectivity index (χ3v) is 4.48. The predicted molar refractivity (Wildman–Crippen MR) is 69.1 cm³/mol. The second-order valence-corrected chi connectivity index (χ2v) is 7.41. The largest absolute Gasteiger partial charge is 0.321 e. The normalized spacial score (nSPS) is 20.7. The highest BCUT2D eigenvalue weighted by atomic mass is 79.9. The van der Waals surface area contributed by atoms with Crippen molar-refractivity contribution in [1.82, 2.24) is 0 Å². The predicted octanol–water partition coefficient (Wildman–Crippen LogP) is 2.93. The van der Waals surface area contributed by atoms with Crippen LogP contribution in [-0.4, -0.2) is 15.0 Å². The first kappa shape index (κ1) is 12.2. The van der Waals surface area contributed by atoms with E-state index < -0.39 is 9.24 Å². The van der Waals surface area contributed by atoms with Crippen molar-refractivity contribution in [2.45, 2.75) is 13.3 Å². The van der Waals surface area contributed by atoms with Crippen LogP contribution in [0.1, 0.15) is 12.5 Å². The summed E-state index contributed by atoms with van der Waals surface area (Å²) >= 11 is 3.38. The quantitative estimate of drug-likeness (QED) is 0.745. The van der Waals surface area contributed by atoms with Gasteiger partial charge in [-0.3, -0.25) is 4.31 Å². The molecule has 0 bridgehead atoms. The van der Waals surface area contributed by atoms with Gasteiger partial charge in [-0.25, -0.2) is 0 Å². The lowest BCUT2D eigenvalue weighted by Gasteiger charge is -2.31. The third-order valence-electron chi connectivity index (χ3n) is 2.62. The Morgan fingerprint density at radius 1 is 1.50 bits per heavy atom. The smallest absolute Gasteiger partial charge is 0.257 e. The average molecular weight is 325 g/mol. The first-order valence-electron chi connectivity index (χ1n) is 4.88. The summed E-state index contributed by atoms with van der Waals surface area (Å²) in [4.78, 5) is 0. The van der Waals surface area contributed by atoms with Gasteiger partial charge in [0.2, 0.25) is 0 Å². The highest BCUT2D eigenvalue weighted by molar-refractivity contribution is 9.10. The molecule has 16 heavy (non-hydrogen) atoms. The lowest BCUT2D eigenvalue weighted by atomic mass is 9.96. The summed E-state index contributed by atoms with van der Waals surface area (Å²) in [5, 5.41) is 0. The van der Waals surface area contributed by atoms with Gasteiger partial charge in [0.15, 0.2) is 0 Å². The Hall–Kier alpha value is -0.260. The van der Waals surface area contributed by atoms with E-state index in [0.717, 1.165) is 16.5 Å². The number of benzene rings is 1. The summed E-state index contributed by atoms with van der Waals surface area (Å²) in [6.45, 7) is 2.46. The maximum atomic E-state index is 11.5. The van der Waals surface area contributed by atoms with Gasteiger partial charge in [0, 0.05) is 21.7 Å². The van der Waals surface area contributed by atoms with Crippen molar-refractivity contribution in [2.75, 3.05) is 10.8 Å². The van der Waals surface area contributed by atoms with Gasteiger partial charge in [-0.05, 0) is 36.1 Å². The summed E-state index contributed by atoms with van der Waals surface area (Å²) in [5.41, 5.74) is 1.70. The molecule has 88 valence electrons. The van der Waals surface area contributed by atoms with E-state index in [-0.39, 0.29) is 5.92 Å².